The normalized spacial score (nSPS) is 17.6. The highest BCUT2D eigenvalue weighted by Crippen LogP contribution is 2.10. The van der Waals surface area contributed by atoms with Crippen LogP contribution in [0.4, 0.5) is 0 Å². The van der Waals surface area contributed by atoms with Crippen LogP contribution in [-0.4, -0.2) is 41.9 Å². The quantitative estimate of drug-likeness (QED) is 0.854. The van der Waals surface area contributed by atoms with Gasteiger partial charge in [-0.15, -0.1) is 0 Å². The van der Waals surface area contributed by atoms with Gasteiger partial charge in [0, 0.05) is 13.1 Å². The van der Waals surface area contributed by atoms with Gasteiger partial charge in [-0.05, 0) is 38.2 Å². The van der Waals surface area contributed by atoms with Crippen molar-refractivity contribution in [1.29, 1.82) is 0 Å². The molecule has 22 heavy (non-hydrogen) atoms. The zero-order valence-corrected chi connectivity index (χ0v) is 13.1. The molecule has 2 unspecified atom stereocenters. The first-order chi connectivity index (χ1) is 10.6. The van der Waals surface area contributed by atoms with Crippen LogP contribution in [0.15, 0.2) is 30.3 Å². The highest BCUT2D eigenvalue weighted by Gasteiger charge is 2.25. The van der Waals surface area contributed by atoms with Gasteiger partial charge in [0.1, 0.15) is 6.04 Å². The molecule has 1 heterocycles. The van der Waals surface area contributed by atoms with Gasteiger partial charge in [0.25, 0.3) is 0 Å². The van der Waals surface area contributed by atoms with Gasteiger partial charge in [0.2, 0.25) is 11.8 Å². The molecule has 1 aromatic carbocycles. The fourth-order valence-electron chi connectivity index (χ4n) is 2.73. The number of nitrogens with zero attached hydrogens (tertiary/aromatic N) is 1. The van der Waals surface area contributed by atoms with Gasteiger partial charge in [-0.2, -0.15) is 0 Å². The van der Waals surface area contributed by atoms with Gasteiger partial charge in [-0.3, -0.25) is 9.59 Å². The van der Waals surface area contributed by atoms with Crippen LogP contribution in [0.3, 0.4) is 0 Å². The summed E-state index contributed by atoms with van der Waals surface area (Å²) in [4.78, 5) is 26.3. The van der Waals surface area contributed by atoms with E-state index in [-0.39, 0.29) is 11.8 Å². The Hall–Kier alpha value is -1.88. The van der Waals surface area contributed by atoms with E-state index in [2.05, 4.69) is 5.32 Å². The van der Waals surface area contributed by atoms with E-state index in [1.807, 2.05) is 35.2 Å². The molecule has 1 fully saturated rings. The summed E-state index contributed by atoms with van der Waals surface area (Å²) in [5.41, 5.74) is 6.95. The lowest BCUT2D eigenvalue weighted by Gasteiger charge is -2.29. The van der Waals surface area contributed by atoms with E-state index in [4.69, 9.17) is 5.73 Å². The Morgan fingerprint density at radius 1 is 1.18 bits per heavy atom. The molecule has 0 bridgehead atoms. The summed E-state index contributed by atoms with van der Waals surface area (Å²) in [5, 5.41) is 2.74. The average molecular weight is 303 g/mol. The molecule has 2 atom stereocenters. The number of nitrogens with one attached hydrogen (secondary N) is 1. The van der Waals surface area contributed by atoms with Crippen molar-refractivity contribution in [2.75, 3.05) is 13.1 Å². The first-order valence-corrected chi connectivity index (χ1v) is 7.96. The topological polar surface area (TPSA) is 75.4 Å². The summed E-state index contributed by atoms with van der Waals surface area (Å²) < 4.78 is 0. The number of hydrogen-bond donors (Lipinski definition) is 2. The third-order valence-electron chi connectivity index (χ3n) is 4.03. The van der Waals surface area contributed by atoms with Crippen LogP contribution in [0, 0.1) is 0 Å². The predicted octanol–water partition coefficient (Wildman–Crippen LogP) is 1.07. The van der Waals surface area contributed by atoms with Crippen LogP contribution in [-0.2, 0) is 16.0 Å². The number of nitrogens with two attached hydrogens (primary N) is 1. The fourth-order valence-corrected chi connectivity index (χ4v) is 2.73. The molecule has 2 amide bonds. The molecule has 120 valence electrons. The second kappa shape index (κ2) is 7.94. The van der Waals surface area contributed by atoms with Gasteiger partial charge in [-0.25, -0.2) is 0 Å². The molecule has 2 rings (SSSR count). The molecule has 1 aromatic rings. The average Bonchev–Trinajstić information content (AvgIpc) is 2.55. The van der Waals surface area contributed by atoms with Crippen molar-refractivity contribution < 1.29 is 9.59 Å². The van der Waals surface area contributed by atoms with Gasteiger partial charge < -0.3 is 16.0 Å². The van der Waals surface area contributed by atoms with E-state index in [1.54, 1.807) is 6.92 Å². The lowest BCUT2D eigenvalue weighted by Crippen LogP contribution is -2.52. The molecule has 0 aromatic heterocycles. The van der Waals surface area contributed by atoms with E-state index in [9.17, 15) is 9.59 Å². The first kappa shape index (κ1) is 16.5. The Morgan fingerprint density at radius 2 is 1.82 bits per heavy atom. The molecular weight excluding hydrogens is 278 g/mol. The minimum atomic E-state index is -0.640. The summed E-state index contributed by atoms with van der Waals surface area (Å²) in [6.45, 7) is 3.30. The fraction of sp³-hybridized carbons (Fsp3) is 0.529. The molecule has 1 aliphatic heterocycles. The maximum atomic E-state index is 12.3. The lowest BCUT2D eigenvalue weighted by molar-refractivity contribution is -0.137. The SMILES string of the molecule is CC(NC(=O)C(N)Cc1ccccc1)C(=O)N1CCCCC1. The smallest absolute Gasteiger partial charge is 0.244 e. The van der Waals surface area contributed by atoms with Gasteiger partial charge >= 0.3 is 0 Å². The van der Waals surface area contributed by atoms with Crippen LogP contribution < -0.4 is 11.1 Å². The van der Waals surface area contributed by atoms with Gasteiger partial charge in [-0.1, -0.05) is 30.3 Å². The molecule has 0 saturated carbocycles. The van der Waals surface area contributed by atoms with Crippen molar-refractivity contribution in [3.8, 4) is 0 Å². The molecule has 5 heteroatoms. The van der Waals surface area contributed by atoms with E-state index in [0.717, 1.165) is 31.5 Å². The lowest BCUT2D eigenvalue weighted by atomic mass is 10.1. The van der Waals surface area contributed by atoms with E-state index < -0.39 is 12.1 Å². The zero-order chi connectivity index (χ0) is 15.9. The van der Waals surface area contributed by atoms with Crippen molar-refractivity contribution in [3.05, 3.63) is 35.9 Å². The van der Waals surface area contributed by atoms with Crippen molar-refractivity contribution in [3.63, 3.8) is 0 Å². The molecule has 1 saturated heterocycles. The van der Waals surface area contributed by atoms with E-state index in [1.165, 1.54) is 6.42 Å². The Balaban J connectivity index is 1.83. The number of carbonyl (C=O) groups excluding carboxylic acids is 2. The van der Waals surface area contributed by atoms with Crippen molar-refractivity contribution in [1.82, 2.24) is 10.2 Å². The number of hydrogen-bond acceptors (Lipinski definition) is 3. The molecule has 5 nitrogen and oxygen atoms in total. The van der Waals surface area contributed by atoms with Crippen molar-refractivity contribution >= 4 is 11.8 Å². The van der Waals surface area contributed by atoms with Crippen LogP contribution in [0.2, 0.25) is 0 Å². The van der Waals surface area contributed by atoms with Crippen LogP contribution >= 0.6 is 0 Å². The van der Waals surface area contributed by atoms with Crippen LogP contribution in [0.25, 0.3) is 0 Å². The van der Waals surface area contributed by atoms with Gasteiger partial charge in [0.15, 0.2) is 0 Å². The molecule has 3 N–H and O–H groups in total. The minimum absolute atomic E-state index is 0.0139. The largest absolute Gasteiger partial charge is 0.343 e. The zero-order valence-electron chi connectivity index (χ0n) is 13.1. The molecule has 0 aliphatic carbocycles. The van der Waals surface area contributed by atoms with E-state index >= 15 is 0 Å². The summed E-state index contributed by atoms with van der Waals surface area (Å²) in [5.74, 6) is -0.290. The Bertz CT molecular complexity index is 498. The Morgan fingerprint density at radius 3 is 2.45 bits per heavy atom. The monoisotopic (exact) mass is 303 g/mol. The third-order valence-corrected chi connectivity index (χ3v) is 4.03. The second-order valence-corrected chi connectivity index (χ2v) is 5.91. The number of amides is 2. The molecular formula is C17H25N3O2. The highest BCUT2D eigenvalue weighted by atomic mass is 16.2. The highest BCUT2D eigenvalue weighted by molar-refractivity contribution is 5.89. The number of carbonyl (C=O) groups is 2. The van der Waals surface area contributed by atoms with Crippen molar-refractivity contribution in [2.24, 2.45) is 5.73 Å². The molecule has 1 aliphatic rings. The first-order valence-electron chi connectivity index (χ1n) is 7.96. The number of rotatable bonds is 5. The number of piperidine rings is 1. The van der Waals surface area contributed by atoms with Crippen LogP contribution in [0.1, 0.15) is 31.7 Å². The maximum absolute atomic E-state index is 12.3. The van der Waals surface area contributed by atoms with E-state index in [0.29, 0.717) is 6.42 Å². The summed E-state index contributed by atoms with van der Waals surface area (Å²) in [6.07, 6.45) is 3.73. The Kier molecular flexibility index (Phi) is 5.95. The predicted molar refractivity (Wildman–Crippen MR) is 86.2 cm³/mol. The number of likely N-dealkylation sites (tertiary alicyclic amines) is 1. The summed E-state index contributed by atoms with van der Waals surface area (Å²) in [6, 6.07) is 8.48. The van der Waals surface area contributed by atoms with Crippen LogP contribution in [0.5, 0.6) is 0 Å². The third kappa shape index (κ3) is 4.56. The molecule has 0 spiro atoms. The van der Waals surface area contributed by atoms with Gasteiger partial charge in [0.05, 0.1) is 6.04 Å². The standard InChI is InChI=1S/C17H25N3O2/c1-13(17(22)20-10-6-3-7-11-20)19-16(21)15(18)12-14-8-4-2-5-9-14/h2,4-5,8-9,13,15H,3,6-7,10-12,18H2,1H3,(H,19,21). The second-order valence-electron chi connectivity index (χ2n) is 5.91. The maximum Gasteiger partial charge on any atom is 0.244 e. The number of benzene rings is 1. The summed E-state index contributed by atoms with van der Waals surface area (Å²) >= 11 is 0. The summed E-state index contributed by atoms with van der Waals surface area (Å²) in [7, 11) is 0. The van der Waals surface area contributed by atoms with Crippen molar-refractivity contribution in [2.45, 2.75) is 44.7 Å². The minimum Gasteiger partial charge on any atom is -0.343 e. The Labute approximate surface area is 131 Å². The molecule has 0 radical (unpaired) electrons.